The van der Waals surface area contributed by atoms with Crippen molar-refractivity contribution < 1.29 is 4.79 Å². The number of benzene rings is 1. The number of carbonyl (C=O) groups excluding carboxylic acids is 1. The van der Waals surface area contributed by atoms with Gasteiger partial charge >= 0.3 is 0 Å². The maximum Gasteiger partial charge on any atom is 0.241 e. The van der Waals surface area contributed by atoms with Crippen LogP contribution in [0.25, 0.3) is 0 Å². The van der Waals surface area contributed by atoms with E-state index >= 15 is 0 Å². The van der Waals surface area contributed by atoms with Crippen LogP contribution in [-0.2, 0) is 4.79 Å². The largest absolute Gasteiger partial charge is 0.324 e. The molecule has 3 heteroatoms. The Morgan fingerprint density at radius 1 is 1.41 bits per heavy atom. The third-order valence-corrected chi connectivity index (χ3v) is 2.68. The van der Waals surface area contributed by atoms with E-state index < -0.39 is 6.04 Å². The SMILES string of the molecule is C=CCC(N)C(=O)Nc1c(C)cc(C)cc1C. The van der Waals surface area contributed by atoms with E-state index in [0.717, 1.165) is 16.8 Å². The van der Waals surface area contributed by atoms with Crippen LogP contribution >= 0.6 is 0 Å². The van der Waals surface area contributed by atoms with Crippen molar-refractivity contribution in [3.8, 4) is 0 Å². The number of anilines is 1. The molecule has 0 radical (unpaired) electrons. The monoisotopic (exact) mass is 232 g/mol. The highest BCUT2D eigenvalue weighted by Gasteiger charge is 2.14. The lowest BCUT2D eigenvalue weighted by molar-refractivity contribution is -0.117. The minimum absolute atomic E-state index is 0.167. The lowest BCUT2D eigenvalue weighted by atomic mass is 10.0. The first-order valence-corrected chi connectivity index (χ1v) is 5.71. The zero-order valence-electron chi connectivity index (χ0n) is 10.7. The van der Waals surface area contributed by atoms with E-state index in [9.17, 15) is 4.79 Å². The van der Waals surface area contributed by atoms with Gasteiger partial charge in [-0.2, -0.15) is 0 Å². The fraction of sp³-hybridized carbons (Fsp3) is 0.357. The van der Waals surface area contributed by atoms with E-state index in [-0.39, 0.29) is 5.91 Å². The molecule has 1 rings (SSSR count). The van der Waals surface area contributed by atoms with Gasteiger partial charge in [0.15, 0.2) is 0 Å². The number of rotatable bonds is 4. The van der Waals surface area contributed by atoms with Crippen molar-refractivity contribution in [1.29, 1.82) is 0 Å². The second-order valence-corrected chi connectivity index (χ2v) is 4.39. The van der Waals surface area contributed by atoms with Gasteiger partial charge in [-0.05, 0) is 38.3 Å². The average molecular weight is 232 g/mol. The standard InChI is InChI=1S/C14H20N2O/c1-5-6-12(15)14(17)16-13-10(3)7-9(2)8-11(13)4/h5,7-8,12H,1,6,15H2,2-4H3,(H,16,17). The van der Waals surface area contributed by atoms with Crippen molar-refractivity contribution in [2.45, 2.75) is 33.2 Å². The molecule has 0 heterocycles. The van der Waals surface area contributed by atoms with Crippen molar-refractivity contribution in [1.82, 2.24) is 0 Å². The first-order chi connectivity index (χ1) is 7.95. The van der Waals surface area contributed by atoms with Crippen LogP contribution in [0.4, 0.5) is 5.69 Å². The molecule has 0 fully saturated rings. The summed E-state index contributed by atoms with van der Waals surface area (Å²) in [5.41, 5.74) is 9.89. The summed E-state index contributed by atoms with van der Waals surface area (Å²) in [6.45, 7) is 9.58. The first kappa shape index (κ1) is 13.5. The number of amides is 1. The van der Waals surface area contributed by atoms with Gasteiger partial charge < -0.3 is 11.1 Å². The molecule has 0 aliphatic rings. The maximum atomic E-state index is 11.8. The summed E-state index contributed by atoms with van der Waals surface area (Å²) < 4.78 is 0. The summed E-state index contributed by atoms with van der Waals surface area (Å²) in [5, 5.41) is 2.88. The van der Waals surface area contributed by atoms with Gasteiger partial charge in [0, 0.05) is 5.69 Å². The lowest BCUT2D eigenvalue weighted by Gasteiger charge is -2.15. The molecule has 0 aromatic heterocycles. The lowest BCUT2D eigenvalue weighted by Crippen LogP contribution is -2.35. The molecular formula is C14H20N2O. The first-order valence-electron chi connectivity index (χ1n) is 5.71. The van der Waals surface area contributed by atoms with Crippen LogP contribution in [0.3, 0.4) is 0 Å². The van der Waals surface area contributed by atoms with Crippen molar-refractivity contribution >= 4 is 11.6 Å². The van der Waals surface area contributed by atoms with Crippen LogP contribution in [-0.4, -0.2) is 11.9 Å². The Kier molecular flexibility index (Phi) is 4.46. The van der Waals surface area contributed by atoms with E-state index in [4.69, 9.17) is 5.73 Å². The van der Waals surface area contributed by atoms with E-state index in [1.807, 2.05) is 32.9 Å². The highest BCUT2D eigenvalue weighted by molar-refractivity contribution is 5.96. The summed E-state index contributed by atoms with van der Waals surface area (Å²) in [6.07, 6.45) is 2.13. The van der Waals surface area contributed by atoms with Gasteiger partial charge in [-0.1, -0.05) is 23.8 Å². The number of nitrogens with one attached hydrogen (secondary N) is 1. The van der Waals surface area contributed by atoms with Crippen LogP contribution in [0, 0.1) is 20.8 Å². The van der Waals surface area contributed by atoms with E-state index in [1.54, 1.807) is 6.08 Å². The Bertz CT molecular complexity index is 415. The average Bonchev–Trinajstić information content (AvgIpc) is 2.23. The van der Waals surface area contributed by atoms with E-state index in [1.165, 1.54) is 5.56 Å². The number of carbonyl (C=O) groups is 1. The van der Waals surface area contributed by atoms with Gasteiger partial charge in [0.25, 0.3) is 0 Å². The zero-order chi connectivity index (χ0) is 13.0. The molecule has 0 aliphatic heterocycles. The molecule has 1 atom stereocenters. The number of aryl methyl sites for hydroxylation is 3. The predicted molar refractivity (Wildman–Crippen MR) is 72.1 cm³/mol. The van der Waals surface area contributed by atoms with Crippen molar-refractivity contribution in [3.05, 3.63) is 41.5 Å². The Balaban J connectivity index is 2.88. The maximum absolute atomic E-state index is 11.8. The Hall–Kier alpha value is -1.61. The predicted octanol–water partition coefficient (Wildman–Crippen LogP) is 2.45. The van der Waals surface area contributed by atoms with Crippen LogP contribution in [0.15, 0.2) is 24.8 Å². The van der Waals surface area contributed by atoms with Gasteiger partial charge in [0.2, 0.25) is 5.91 Å². The van der Waals surface area contributed by atoms with E-state index in [0.29, 0.717) is 6.42 Å². The molecule has 1 aromatic rings. The molecule has 0 saturated carbocycles. The number of hydrogen-bond acceptors (Lipinski definition) is 2. The molecule has 3 nitrogen and oxygen atoms in total. The second kappa shape index (κ2) is 5.64. The Labute approximate surface area is 103 Å². The molecule has 17 heavy (non-hydrogen) atoms. The molecule has 0 bridgehead atoms. The third-order valence-electron chi connectivity index (χ3n) is 2.68. The summed E-state index contributed by atoms with van der Waals surface area (Å²) in [4.78, 5) is 11.8. The van der Waals surface area contributed by atoms with Crippen molar-refractivity contribution in [2.24, 2.45) is 5.73 Å². The highest BCUT2D eigenvalue weighted by atomic mass is 16.2. The Morgan fingerprint density at radius 2 is 1.94 bits per heavy atom. The zero-order valence-corrected chi connectivity index (χ0v) is 10.7. The topological polar surface area (TPSA) is 55.1 Å². The summed E-state index contributed by atoms with van der Waals surface area (Å²) in [7, 11) is 0. The second-order valence-electron chi connectivity index (χ2n) is 4.39. The van der Waals surface area contributed by atoms with Crippen LogP contribution in [0.1, 0.15) is 23.1 Å². The minimum atomic E-state index is -0.535. The summed E-state index contributed by atoms with van der Waals surface area (Å²) >= 11 is 0. The van der Waals surface area contributed by atoms with Crippen molar-refractivity contribution in [2.75, 3.05) is 5.32 Å². The van der Waals surface area contributed by atoms with Gasteiger partial charge in [0.1, 0.15) is 0 Å². The molecule has 3 N–H and O–H groups in total. The van der Waals surface area contributed by atoms with Gasteiger partial charge in [-0.3, -0.25) is 4.79 Å². The fourth-order valence-electron chi connectivity index (χ4n) is 1.88. The van der Waals surface area contributed by atoms with Gasteiger partial charge in [-0.15, -0.1) is 6.58 Å². The molecule has 92 valence electrons. The number of hydrogen-bond donors (Lipinski definition) is 2. The van der Waals surface area contributed by atoms with Gasteiger partial charge in [0.05, 0.1) is 6.04 Å². The number of nitrogens with two attached hydrogens (primary N) is 1. The quantitative estimate of drug-likeness (QED) is 0.783. The molecule has 1 unspecified atom stereocenters. The highest BCUT2D eigenvalue weighted by Crippen LogP contribution is 2.22. The van der Waals surface area contributed by atoms with Crippen LogP contribution in [0.5, 0.6) is 0 Å². The molecule has 1 aromatic carbocycles. The molecule has 0 aliphatic carbocycles. The summed E-state index contributed by atoms with van der Waals surface area (Å²) in [5.74, 6) is -0.167. The fourth-order valence-corrected chi connectivity index (χ4v) is 1.88. The van der Waals surface area contributed by atoms with Crippen LogP contribution in [0.2, 0.25) is 0 Å². The summed E-state index contributed by atoms with van der Waals surface area (Å²) in [6, 6.07) is 3.55. The van der Waals surface area contributed by atoms with Gasteiger partial charge in [-0.25, -0.2) is 0 Å². The smallest absolute Gasteiger partial charge is 0.241 e. The normalized spacial score (nSPS) is 12.0. The van der Waals surface area contributed by atoms with Crippen LogP contribution < -0.4 is 11.1 Å². The molecule has 0 spiro atoms. The minimum Gasteiger partial charge on any atom is -0.324 e. The molecule has 1 amide bonds. The van der Waals surface area contributed by atoms with E-state index in [2.05, 4.69) is 11.9 Å². The third kappa shape index (κ3) is 3.43. The van der Waals surface area contributed by atoms with Crippen molar-refractivity contribution in [3.63, 3.8) is 0 Å². The Morgan fingerprint density at radius 3 is 2.41 bits per heavy atom. The molecular weight excluding hydrogens is 212 g/mol. The molecule has 0 saturated heterocycles.